The van der Waals surface area contributed by atoms with Crippen LogP contribution < -0.4 is 5.43 Å². The van der Waals surface area contributed by atoms with E-state index in [1.54, 1.807) is 0 Å². The molecule has 0 saturated carbocycles. The number of nitrogens with zero attached hydrogens (tertiary/aromatic N) is 3. The van der Waals surface area contributed by atoms with Crippen LogP contribution in [0.15, 0.2) is 34.5 Å². The van der Waals surface area contributed by atoms with Gasteiger partial charge in [-0.2, -0.15) is 5.10 Å². The van der Waals surface area contributed by atoms with Crippen molar-refractivity contribution in [2.45, 2.75) is 0 Å². The van der Waals surface area contributed by atoms with Gasteiger partial charge in [0.05, 0.1) is 10.6 Å². The first-order chi connectivity index (χ1) is 6.74. The predicted molar refractivity (Wildman–Crippen MR) is 51.0 cm³/mol. The minimum absolute atomic E-state index is 0.00644. The summed E-state index contributed by atoms with van der Waals surface area (Å²) in [5, 5.41) is 16.1. The van der Waals surface area contributed by atoms with Crippen molar-refractivity contribution >= 4 is 17.7 Å². The summed E-state index contributed by atoms with van der Waals surface area (Å²) >= 11 is 0. The molecule has 14 heavy (non-hydrogen) atoms. The largest absolute Gasteiger partial charge is 0.277 e. The molecule has 0 aliphatic rings. The number of nitro benzene ring substituents is 1. The minimum Gasteiger partial charge on any atom is -0.277 e. The van der Waals surface area contributed by atoms with Crippen LogP contribution >= 0.6 is 0 Å². The maximum absolute atomic E-state index is 10.3. The second kappa shape index (κ2) is 4.65. The Kier molecular flexibility index (Phi) is 3.25. The Balaban J connectivity index is 2.68. The minimum atomic E-state index is -0.500. The molecular weight excluding hydrogens is 188 g/mol. The van der Waals surface area contributed by atoms with Crippen LogP contribution in [-0.4, -0.2) is 11.3 Å². The topological polar surface area (TPSA) is 97.0 Å². The summed E-state index contributed by atoms with van der Waals surface area (Å²) in [5.74, 6) is 0. The quantitative estimate of drug-likeness (QED) is 0.259. The van der Waals surface area contributed by atoms with E-state index in [9.17, 15) is 15.0 Å². The Morgan fingerprint density at radius 3 is 2.50 bits per heavy atom. The van der Waals surface area contributed by atoms with E-state index < -0.39 is 4.92 Å². The molecule has 0 saturated heterocycles. The van der Waals surface area contributed by atoms with Crippen LogP contribution in [0, 0.1) is 15.0 Å². The molecule has 0 heterocycles. The van der Waals surface area contributed by atoms with Crippen molar-refractivity contribution in [3.05, 3.63) is 39.3 Å². The number of anilines is 1. The van der Waals surface area contributed by atoms with Gasteiger partial charge in [-0.3, -0.25) is 15.5 Å². The van der Waals surface area contributed by atoms with E-state index in [2.05, 4.69) is 15.7 Å². The van der Waals surface area contributed by atoms with Crippen molar-refractivity contribution in [3.63, 3.8) is 0 Å². The summed E-state index contributed by atoms with van der Waals surface area (Å²) in [6.45, 7) is 0. The second-order valence-corrected chi connectivity index (χ2v) is 2.27. The summed E-state index contributed by atoms with van der Waals surface area (Å²) in [5.41, 5.74) is 3.00. The number of hydrogen-bond acceptors (Lipinski definition) is 5. The summed E-state index contributed by atoms with van der Waals surface area (Å²) in [7, 11) is 0. The number of nitro groups is 1. The summed E-state index contributed by atoms with van der Waals surface area (Å²) in [6, 6.07) is 5.60. The molecule has 0 unspecified atom stereocenters. The Morgan fingerprint density at radius 2 is 2.00 bits per heavy atom. The van der Waals surface area contributed by atoms with Crippen LogP contribution in [0.3, 0.4) is 0 Å². The maximum atomic E-state index is 10.3. The van der Waals surface area contributed by atoms with Gasteiger partial charge in [-0.05, 0) is 17.3 Å². The Labute approximate surface area is 78.6 Å². The van der Waals surface area contributed by atoms with Gasteiger partial charge in [0.1, 0.15) is 0 Å². The molecule has 0 aromatic heterocycles. The standard InChI is InChI=1S/C7H6N4O3/c12-9-5-8-10-6-1-3-7(4-2-6)11(13)14/h1-5,10H/b8-5+. The van der Waals surface area contributed by atoms with Crippen LogP contribution in [0.25, 0.3) is 0 Å². The average molecular weight is 194 g/mol. The summed E-state index contributed by atoms with van der Waals surface area (Å²) in [6.07, 6.45) is 0.793. The highest BCUT2D eigenvalue weighted by Gasteiger charge is 2.02. The van der Waals surface area contributed by atoms with Crippen molar-refractivity contribution in [1.82, 2.24) is 0 Å². The third-order valence-corrected chi connectivity index (χ3v) is 1.38. The molecule has 0 aliphatic carbocycles. The number of nitroso groups, excluding NO2 is 1. The van der Waals surface area contributed by atoms with Gasteiger partial charge in [0.25, 0.3) is 5.69 Å². The van der Waals surface area contributed by atoms with E-state index in [1.165, 1.54) is 24.3 Å². The molecule has 0 amide bonds. The number of hydrogen-bond donors (Lipinski definition) is 1. The fourth-order valence-electron chi connectivity index (χ4n) is 0.785. The molecule has 0 atom stereocenters. The van der Waals surface area contributed by atoms with Crippen molar-refractivity contribution in [3.8, 4) is 0 Å². The van der Waals surface area contributed by atoms with Crippen LogP contribution in [-0.2, 0) is 0 Å². The lowest BCUT2D eigenvalue weighted by molar-refractivity contribution is -0.384. The van der Waals surface area contributed by atoms with Gasteiger partial charge in [0.15, 0.2) is 6.34 Å². The van der Waals surface area contributed by atoms with E-state index in [4.69, 9.17) is 0 Å². The SMILES string of the molecule is O=N/C=N/Nc1ccc([N+](=O)[O-])cc1. The van der Waals surface area contributed by atoms with Crippen molar-refractivity contribution in [2.75, 3.05) is 5.43 Å². The lowest BCUT2D eigenvalue weighted by Crippen LogP contribution is -1.90. The lowest BCUT2D eigenvalue weighted by Gasteiger charge is -1.97. The first-order valence-corrected chi connectivity index (χ1v) is 3.58. The first-order valence-electron chi connectivity index (χ1n) is 3.58. The summed E-state index contributed by atoms with van der Waals surface area (Å²) in [4.78, 5) is 19.4. The van der Waals surface area contributed by atoms with E-state index >= 15 is 0 Å². The Bertz CT molecular complexity index is 360. The fourth-order valence-corrected chi connectivity index (χ4v) is 0.785. The average Bonchev–Trinajstić information content (AvgIpc) is 2.19. The van der Waals surface area contributed by atoms with E-state index in [0.29, 0.717) is 5.69 Å². The Morgan fingerprint density at radius 1 is 1.36 bits per heavy atom. The molecule has 0 radical (unpaired) electrons. The number of non-ortho nitro benzene ring substituents is 1. The zero-order valence-corrected chi connectivity index (χ0v) is 6.95. The summed E-state index contributed by atoms with van der Waals surface area (Å²) < 4.78 is 0. The molecule has 0 bridgehead atoms. The molecule has 1 rings (SSSR count). The normalized spacial score (nSPS) is 10.0. The molecule has 0 fully saturated rings. The first kappa shape index (κ1) is 9.78. The lowest BCUT2D eigenvalue weighted by atomic mass is 10.3. The van der Waals surface area contributed by atoms with E-state index in [1.807, 2.05) is 0 Å². The zero-order valence-electron chi connectivity index (χ0n) is 6.95. The third kappa shape index (κ3) is 2.63. The van der Waals surface area contributed by atoms with Crippen LogP contribution in [0.5, 0.6) is 0 Å². The molecule has 1 aromatic rings. The number of rotatable bonds is 4. The number of hydrazone groups is 1. The zero-order chi connectivity index (χ0) is 10.4. The van der Waals surface area contributed by atoms with Crippen LogP contribution in [0.4, 0.5) is 11.4 Å². The highest BCUT2D eigenvalue weighted by atomic mass is 16.6. The van der Waals surface area contributed by atoms with Gasteiger partial charge in [0.2, 0.25) is 0 Å². The molecule has 7 heteroatoms. The molecule has 72 valence electrons. The van der Waals surface area contributed by atoms with Gasteiger partial charge in [-0.25, -0.2) is 0 Å². The molecule has 1 aromatic carbocycles. The molecule has 0 spiro atoms. The third-order valence-electron chi connectivity index (χ3n) is 1.38. The van der Waals surface area contributed by atoms with E-state index in [0.717, 1.165) is 6.34 Å². The van der Waals surface area contributed by atoms with Crippen molar-refractivity contribution in [1.29, 1.82) is 0 Å². The smallest absolute Gasteiger partial charge is 0.269 e. The van der Waals surface area contributed by atoms with Crippen LogP contribution in [0.1, 0.15) is 0 Å². The van der Waals surface area contributed by atoms with Crippen LogP contribution in [0.2, 0.25) is 0 Å². The monoisotopic (exact) mass is 194 g/mol. The van der Waals surface area contributed by atoms with Gasteiger partial charge in [-0.1, -0.05) is 0 Å². The van der Waals surface area contributed by atoms with Crippen molar-refractivity contribution < 1.29 is 4.92 Å². The number of nitrogens with one attached hydrogen (secondary N) is 1. The fraction of sp³-hybridized carbons (Fsp3) is 0. The van der Waals surface area contributed by atoms with Gasteiger partial charge in [-0.15, -0.1) is 4.91 Å². The highest BCUT2D eigenvalue weighted by Crippen LogP contribution is 2.14. The molecular formula is C7H6N4O3. The second-order valence-electron chi connectivity index (χ2n) is 2.27. The Hall–Kier alpha value is -2.31. The molecule has 1 N–H and O–H groups in total. The van der Waals surface area contributed by atoms with Gasteiger partial charge < -0.3 is 0 Å². The molecule has 0 aliphatic heterocycles. The van der Waals surface area contributed by atoms with Crippen molar-refractivity contribution in [2.24, 2.45) is 10.3 Å². The molecule has 7 nitrogen and oxygen atoms in total. The van der Waals surface area contributed by atoms with E-state index in [-0.39, 0.29) is 5.69 Å². The van der Waals surface area contributed by atoms with Gasteiger partial charge >= 0.3 is 0 Å². The maximum Gasteiger partial charge on any atom is 0.269 e. The highest BCUT2D eigenvalue weighted by molar-refractivity contribution is 5.58. The number of benzene rings is 1. The van der Waals surface area contributed by atoms with Gasteiger partial charge in [0, 0.05) is 12.1 Å². The predicted octanol–water partition coefficient (Wildman–Crippen LogP) is 1.72.